The highest BCUT2D eigenvalue weighted by Crippen LogP contribution is 2.32. The molecule has 1 unspecified atom stereocenters. The molecule has 1 aromatic carbocycles. The number of halogens is 3. The lowest BCUT2D eigenvalue weighted by atomic mass is 9.98. The summed E-state index contributed by atoms with van der Waals surface area (Å²) in [6.07, 6.45) is -5.38. The van der Waals surface area contributed by atoms with Crippen LogP contribution >= 0.6 is 0 Å². The van der Waals surface area contributed by atoms with Crippen LogP contribution in [0.1, 0.15) is 24.8 Å². The van der Waals surface area contributed by atoms with Gasteiger partial charge >= 0.3 is 18.2 Å². The second kappa shape index (κ2) is 7.69. The smallest absolute Gasteiger partial charge is 0.442 e. The highest BCUT2D eigenvalue weighted by molar-refractivity contribution is 5.89. The molecule has 0 saturated carbocycles. The zero-order chi connectivity index (χ0) is 20.5. The van der Waals surface area contributed by atoms with Gasteiger partial charge in [-0.2, -0.15) is 13.2 Å². The Labute approximate surface area is 159 Å². The predicted molar refractivity (Wildman–Crippen MR) is 92.7 cm³/mol. The summed E-state index contributed by atoms with van der Waals surface area (Å²) in [6, 6.07) is 6.89. The fourth-order valence-corrected chi connectivity index (χ4v) is 3.42. The number of alkyl halides is 3. The maximum atomic E-state index is 12.6. The second-order valence-electron chi connectivity index (χ2n) is 6.88. The van der Waals surface area contributed by atoms with Gasteiger partial charge in [0, 0.05) is 31.6 Å². The van der Waals surface area contributed by atoms with E-state index in [0.29, 0.717) is 12.1 Å². The quantitative estimate of drug-likeness (QED) is 0.840. The van der Waals surface area contributed by atoms with Crippen molar-refractivity contribution in [3.05, 3.63) is 29.8 Å². The molecule has 152 valence electrons. The highest BCUT2D eigenvalue weighted by atomic mass is 19.4. The maximum Gasteiger partial charge on any atom is 0.471 e. The van der Waals surface area contributed by atoms with Crippen molar-refractivity contribution in [1.29, 1.82) is 0 Å². The zero-order valence-corrected chi connectivity index (χ0v) is 15.2. The molecule has 0 spiro atoms. The molecule has 3 rings (SSSR count). The summed E-state index contributed by atoms with van der Waals surface area (Å²) in [4.78, 5) is 36.6. The number of benzene rings is 1. The Morgan fingerprint density at radius 1 is 1.21 bits per heavy atom. The fraction of sp³-hybridized carbons (Fsp3) is 0.500. The first-order valence-corrected chi connectivity index (χ1v) is 8.84. The van der Waals surface area contributed by atoms with E-state index in [1.54, 1.807) is 24.3 Å². The number of amides is 3. The lowest BCUT2D eigenvalue weighted by Gasteiger charge is -2.18. The van der Waals surface area contributed by atoms with E-state index in [1.165, 1.54) is 11.8 Å². The molecule has 0 aromatic heterocycles. The van der Waals surface area contributed by atoms with Crippen molar-refractivity contribution in [2.24, 2.45) is 0 Å². The number of cyclic esters (lactones) is 1. The first kappa shape index (κ1) is 20.0. The van der Waals surface area contributed by atoms with Crippen molar-refractivity contribution in [2.75, 3.05) is 31.1 Å². The van der Waals surface area contributed by atoms with Crippen molar-refractivity contribution in [2.45, 2.75) is 31.5 Å². The standard InChI is InChI=1S/C18H20F3N3O4/c1-11(25)22-8-15-10-24(17(27)28-15)14-4-2-12(3-5-14)13-6-7-23(9-13)16(26)18(19,20)21/h2-5,13,15H,6-10H2,1H3,(H,22,25)/t13?,15-/m0/s1. The largest absolute Gasteiger partial charge is 0.471 e. The Morgan fingerprint density at radius 2 is 1.89 bits per heavy atom. The maximum absolute atomic E-state index is 12.6. The number of anilines is 1. The van der Waals surface area contributed by atoms with Gasteiger partial charge < -0.3 is 15.0 Å². The number of carbonyl (C=O) groups excluding carboxylic acids is 3. The van der Waals surface area contributed by atoms with E-state index in [4.69, 9.17) is 4.74 Å². The van der Waals surface area contributed by atoms with E-state index >= 15 is 0 Å². The molecule has 0 aliphatic carbocycles. The van der Waals surface area contributed by atoms with Gasteiger partial charge in [0.05, 0.1) is 13.1 Å². The van der Waals surface area contributed by atoms with E-state index in [-0.39, 0.29) is 38.0 Å². The number of likely N-dealkylation sites (tertiary alicyclic amines) is 1. The van der Waals surface area contributed by atoms with Crippen LogP contribution in [-0.4, -0.2) is 61.3 Å². The summed E-state index contributed by atoms with van der Waals surface area (Å²) in [5.74, 6) is -2.21. The Bertz CT molecular complexity index is 766. The fourth-order valence-electron chi connectivity index (χ4n) is 3.42. The average Bonchev–Trinajstić information content (AvgIpc) is 3.25. The molecule has 2 saturated heterocycles. The summed E-state index contributed by atoms with van der Waals surface area (Å²) in [7, 11) is 0. The van der Waals surface area contributed by atoms with Gasteiger partial charge in [0.15, 0.2) is 0 Å². The average molecular weight is 399 g/mol. The first-order valence-electron chi connectivity index (χ1n) is 8.84. The lowest BCUT2D eigenvalue weighted by Crippen LogP contribution is -2.39. The molecule has 2 aliphatic rings. The molecular weight excluding hydrogens is 379 g/mol. The number of nitrogens with zero attached hydrogens (tertiary/aromatic N) is 2. The van der Waals surface area contributed by atoms with Crippen LogP contribution in [0.3, 0.4) is 0 Å². The minimum atomic E-state index is -4.86. The topological polar surface area (TPSA) is 79.0 Å². The van der Waals surface area contributed by atoms with Gasteiger partial charge in [0.25, 0.3) is 0 Å². The van der Waals surface area contributed by atoms with E-state index in [1.807, 2.05) is 0 Å². The predicted octanol–water partition coefficient (Wildman–Crippen LogP) is 2.03. The Balaban J connectivity index is 1.61. The first-order chi connectivity index (χ1) is 13.1. The van der Waals surface area contributed by atoms with Crippen LogP contribution in [0.4, 0.5) is 23.7 Å². The number of rotatable bonds is 4. The van der Waals surface area contributed by atoms with E-state index in [0.717, 1.165) is 10.5 Å². The van der Waals surface area contributed by atoms with Gasteiger partial charge in [-0.1, -0.05) is 12.1 Å². The molecule has 2 heterocycles. The van der Waals surface area contributed by atoms with Crippen molar-refractivity contribution < 1.29 is 32.3 Å². The van der Waals surface area contributed by atoms with Crippen LogP contribution < -0.4 is 10.2 Å². The number of hydrogen-bond donors (Lipinski definition) is 1. The van der Waals surface area contributed by atoms with Crippen molar-refractivity contribution in [3.8, 4) is 0 Å². The van der Waals surface area contributed by atoms with Gasteiger partial charge in [-0.25, -0.2) is 4.79 Å². The molecule has 3 amide bonds. The molecule has 2 fully saturated rings. The summed E-state index contributed by atoms with van der Waals surface area (Å²) >= 11 is 0. The number of nitrogens with one attached hydrogen (secondary N) is 1. The molecule has 0 bridgehead atoms. The Kier molecular flexibility index (Phi) is 5.48. The van der Waals surface area contributed by atoms with Crippen molar-refractivity contribution in [3.63, 3.8) is 0 Å². The van der Waals surface area contributed by atoms with E-state index in [2.05, 4.69) is 5.32 Å². The van der Waals surface area contributed by atoms with Gasteiger partial charge in [0.1, 0.15) is 6.10 Å². The van der Waals surface area contributed by atoms with E-state index < -0.39 is 24.3 Å². The minimum Gasteiger partial charge on any atom is -0.442 e. The van der Waals surface area contributed by atoms with Crippen LogP contribution in [0.5, 0.6) is 0 Å². The van der Waals surface area contributed by atoms with Crippen molar-refractivity contribution in [1.82, 2.24) is 10.2 Å². The van der Waals surface area contributed by atoms with Crippen LogP contribution in [0.2, 0.25) is 0 Å². The molecule has 1 aromatic rings. The monoisotopic (exact) mass is 399 g/mol. The highest BCUT2D eigenvalue weighted by Gasteiger charge is 2.44. The number of carbonyl (C=O) groups is 3. The Morgan fingerprint density at radius 3 is 2.50 bits per heavy atom. The summed E-state index contributed by atoms with van der Waals surface area (Å²) in [6.45, 7) is 1.96. The minimum absolute atomic E-state index is 0.0161. The third-order valence-electron chi connectivity index (χ3n) is 4.85. The van der Waals surface area contributed by atoms with Gasteiger partial charge in [-0.3, -0.25) is 14.5 Å². The summed E-state index contributed by atoms with van der Waals surface area (Å²) in [5, 5.41) is 2.59. The van der Waals surface area contributed by atoms with E-state index in [9.17, 15) is 27.6 Å². The molecule has 2 atom stereocenters. The van der Waals surface area contributed by atoms with Gasteiger partial charge in [-0.05, 0) is 24.1 Å². The second-order valence-corrected chi connectivity index (χ2v) is 6.88. The molecular formula is C18H20F3N3O4. The zero-order valence-electron chi connectivity index (χ0n) is 15.2. The molecule has 1 N–H and O–H groups in total. The molecule has 2 aliphatic heterocycles. The Hall–Kier alpha value is -2.78. The van der Waals surface area contributed by atoms with Gasteiger partial charge in [0.2, 0.25) is 5.91 Å². The molecule has 28 heavy (non-hydrogen) atoms. The normalized spacial score (nSPS) is 22.4. The van der Waals surface area contributed by atoms with Crippen LogP contribution in [0.25, 0.3) is 0 Å². The lowest BCUT2D eigenvalue weighted by molar-refractivity contribution is -0.184. The van der Waals surface area contributed by atoms with Crippen molar-refractivity contribution >= 4 is 23.6 Å². The van der Waals surface area contributed by atoms with Gasteiger partial charge in [-0.15, -0.1) is 0 Å². The van der Waals surface area contributed by atoms with Crippen LogP contribution in [-0.2, 0) is 14.3 Å². The third-order valence-corrected chi connectivity index (χ3v) is 4.85. The summed E-state index contributed by atoms with van der Waals surface area (Å²) < 4.78 is 42.9. The molecule has 10 heteroatoms. The SMILES string of the molecule is CC(=O)NC[C@H]1CN(c2ccc(C3CCN(C(=O)C(F)(F)F)C3)cc2)C(=O)O1. The molecule has 7 nitrogen and oxygen atoms in total. The molecule has 0 radical (unpaired) electrons. The third kappa shape index (κ3) is 4.37. The van der Waals surface area contributed by atoms with Crippen LogP contribution in [0, 0.1) is 0 Å². The summed E-state index contributed by atoms with van der Waals surface area (Å²) in [5.41, 5.74) is 1.41. The number of hydrogen-bond acceptors (Lipinski definition) is 4. The van der Waals surface area contributed by atoms with Crippen LogP contribution in [0.15, 0.2) is 24.3 Å². The number of ether oxygens (including phenoxy) is 1.